The predicted molar refractivity (Wildman–Crippen MR) is 55.8 cm³/mol. The summed E-state index contributed by atoms with van der Waals surface area (Å²) in [4.78, 5) is 11.1. The minimum atomic E-state index is 0.0128. The molecule has 0 saturated carbocycles. The SMILES string of the molecule is C#CC(C)NCCC(=O)NCCOC. The first-order valence-corrected chi connectivity index (χ1v) is 4.66. The second kappa shape index (κ2) is 8.54. The van der Waals surface area contributed by atoms with Gasteiger partial charge in [-0.25, -0.2) is 0 Å². The van der Waals surface area contributed by atoms with Crippen molar-refractivity contribution in [1.29, 1.82) is 0 Å². The molecule has 2 N–H and O–H groups in total. The molecule has 0 saturated heterocycles. The fourth-order valence-corrected chi connectivity index (χ4v) is 0.842. The zero-order valence-electron chi connectivity index (χ0n) is 8.80. The topological polar surface area (TPSA) is 50.4 Å². The van der Waals surface area contributed by atoms with E-state index < -0.39 is 0 Å². The Kier molecular flexibility index (Phi) is 7.90. The van der Waals surface area contributed by atoms with Gasteiger partial charge in [0, 0.05) is 26.6 Å². The van der Waals surface area contributed by atoms with Crippen molar-refractivity contribution in [2.24, 2.45) is 0 Å². The quantitative estimate of drug-likeness (QED) is 0.438. The van der Waals surface area contributed by atoms with Crippen molar-refractivity contribution < 1.29 is 9.53 Å². The highest BCUT2D eigenvalue weighted by Crippen LogP contribution is 1.81. The second-order valence-electron chi connectivity index (χ2n) is 2.94. The maximum atomic E-state index is 11.1. The van der Waals surface area contributed by atoms with Crippen molar-refractivity contribution in [3.8, 4) is 12.3 Å². The summed E-state index contributed by atoms with van der Waals surface area (Å²) < 4.78 is 4.80. The van der Waals surface area contributed by atoms with E-state index in [0.29, 0.717) is 26.1 Å². The number of ether oxygens (including phenoxy) is 1. The minimum absolute atomic E-state index is 0.0128. The summed E-state index contributed by atoms with van der Waals surface area (Å²) in [7, 11) is 1.60. The van der Waals surface area contributed by atoms with E-state index in [9.17, 15) is 4.79 Å². The summed E-state index contributed by atoms with van der Waals surface area (Å²) >= 11 is 0. The van der Waals surface area contributed by atoms with Crippen LogP contribution in [0.3, 0.4) is 0 Å². The molecule has 0 fully saturated rings. The number of rotatable bonds is 7. The molecule has 0 aromatic rings. The molecule has 0 aromatic carbocycles. The average molecular weight is 198 g/mol. The molecule has 4 heteroatoms. The van der Waals surface area contributed by atoms with E-state index in [-0.39, 0.29) is 11.9 Å². The molecule has 4 nitrogen and oxygen atoms in total. The molecule has 1 amide bonds. The van der Waals surface area contributed by atoms with Gasteiger partial charge in [-0.3, -0.25) is 4.79 Å². The fourth-order valence-electron chi connectivity index (χ4n) is 0.842. The maximum absolute atomic E-state index is 11.1. The molecule has 0 spiro atoms. The molecule has 1 unspecified atom stereocenters. The first kappa shape index (κ1) is 12.9. The van der Waals surface area contributed by atoms with E-state index in [1.807, 2.05) is 6.92 Å². The van der Waals surface area contributed by atoms with Crippen LogP contribution in [0.15, 0.2) is 0 Å². The Morgan fingerprint density at radius 1 is 1.57 bits per heavy atom. The van der Waals surface area contributed by atoms with Gasteiger partial charge in [0.15, 0.2) is 0 Å². The number of methoxy groups -OCH3 is 1. The zero-order valence-corrected chi connectivity index (χ0v) is 8.80. The Hall–Kier alpha value is -1.05. The van der Waals surface area contributed by atoms with Crippen molar-refractivity contribution in [2.75, 3.05) is 26.8 Å². The summed E-state index contributed by atoms with van der Waals surface area (Å²) in [6.45, 7) is 3.58. The molecule has 0 aliphatic rings. The Morgan fingerprint density at radius 3 is 2.86 bits per heavy atom. The number of carbonyl (C=O) groups excluding carboxylic acids is 1. The fraction of sp³-hybridized carbons (Fsp3) is 0.700. The van der Waals surface area contributed by atoms with Crippen LogP contribution in [0, 0.1) is 12.3 Å². The van der Waals surface area contributed by atoms with Crippen molar-refractivity contribution in [3.05, 3.63) is 0 Å². The molecule has 0 heterocycles. The number of amides is 1. The lowest BCUT2D eigenvalue weighted by molar-refractivity contribution is -0.121. The van der Waals surface area contributed by atoms with Crippen LogP contribution >= 0.6 is 0 Å². The van der Waals surface area contributed by atoms with Crippen LogP contribution in [0.25, 0.3) is 0 Å². The van der Waals surface area contributed by atoms with E-state index >= 15 is 0 Å². The van der Waals surface area contributed by atoms with Crippen LogP contribution in [-0.2, 0) is 9.53 Å². The van der Waals surface area contributed by atoms with Gasteiger partial charge in [0.25, 0.3) is 0 Å². The van der Waals surface area contributed by atoms with Crippen molar-refractivity contribution >= 4 is 5.91 Å². The summed E-state index contributed by atoms with van der Waals surface area (Å²) in [6, 6.07) is 0.0155. The van der Waals surface area contributed by atoms with Crippen LogP contribution in [0.4, 0.5) is 0 Å². The number of hydrogen-bond donors (Lipinski definition) is 2. The number of hydrogen-bond acceptors (Lipinski definition) is 3. The lowest BCUT2D eigenvalue weighted by Crippen LogP contribution is -2.32. The highest BCUT2D eigenvalue weighted by molar-refractivity contribution is 5.76. The van der Waals surface area contributed by atoms with Crippen LogP contribution in [0.1, 0.15) is 13.3 Å². The predicted octanol–water partition coefficient (Wildman–Crippen LogP) is -0.250. The van der Waals surface area contributed by atoms with Gasteiger partial charge in [0.1, 0.15) is 0 Å². The highest BCUT2D eigenvalue weighted by atomic mass is 16.5. The third kappa shape index (κ3) is 7.59. The molecule has 0 aliphatic heterocycles. The van der Waals surface area contributed by atoms with E-state index in [4.69, 9.17) is 11.2 Å². The summed E-state index contributed by atoms with van der Waals surface area (Å²) in [6.07, 6.45) is 5.60. The molecule has 0 aromatic heterocycles. The van der Waals surface area contributed by atoms with Crippen molar-refractivity contribution in [1.82, 2.24) is 10.6 Å². The Balaban J connectivity index is 3.32. The van der Waals surface area contributed by atoms with E-state index in [0.717, 1.165) is 0 Å². The Bertz CT molecular complexity index is 199. The first-order chi connectivity index (χ1) is 6.70. The standard InChI is InChI=1S/C10H18N2O2/c1-4-9(2)11-6-5-10(13)12-7-8-14-3/h1,9,11H,5-8H2,2-3H3,(H,12,13). The van der Waals surface area contributed by atoms with Crippen molar-refractivity contribution in [2.45, 2.75) is 19.4 Å². The van der Waals surface area contributed by atoms with Crippen LogP contribution < -0.4 is 10.6 Å². The van der Waals surface area contributed by atoms with Gasteiger partial charge in [-0.05, 0) is 6.92 Å². The lowest BCUT2D eigenvalue weighted by atomic mass is 10.3. The van der Waals surface area contributed by atoms with E-state index in [1.54, 1.807) is 7.11 Å². The molecular formula is C10H18N2O2. The molecular weight excluding hydrogens is 180 g/mol. The van der Waals surface area contributed by atoms with Gasteiger partial charge >= 0.3 is 0 Å². The van der Waals surface area contributed by atoms with Crippen LogP contribution in [0.5, 0.6) is 0 Å². The highest BCUT2D eigenvalue weighted by Gasteiger charge is 2.00. The van der Waals surface area contributed by atoms with E-state index in [2.05, 4.69) is 16.6 Å². The minimum Gasteiger partial charge on any atom is -0.383 e. The third-order valence-electron chi connectivity index (χ3n) is 1.68. The van der Waals surface area contributed by atoms with Gasteiger partial charge in [-0.15, -0.1) is 6.42 Å². The normalized spacial score (nSPS) is 11.8. The van der Waals surface area contributed by atoms with Gasteiger partial charge in [0.2, 0.25) is 5.91 Å². The average Bonchev–Trinajstić information content (AvgIpc) is 2.18. The number of carbonyl (C=O) groups is 1. The second-order valence-corrected chi connectivity index (χ2v) is 2.94. The molecule has 14 heavy (non-hydrogen) atoms. The first-order valence-electron chi connectivity index (χ1n) is 4.66. The zero-order chi connectivity index (χ0) is 10.8. The third-order valence-corrected chi connectivity index (χ3v) is 1.68. The molecule has 0 rings (SSSR count). The lowest BCUT2D eigenvalue weighted by Gasteiger charge is -2.07. The van der Waals surface area contributed by atoms with Crippen LogP contribution in [-0.4, -0.2) is 38.8 Å². The molecule has 1 atom stereocenters. The van der Waals surface area contributed by atoms with Gasteiger partial charge in [-0.1, -0.05) is 5.92 Å². The summed E-state index contributed by atoms with van der Waals surface area (Å²) in [5.74, 6) is 2.54. The summed E-state index contributed by atoms with van der Waals surface area (Å²) in [5.41, 5.74) is 0. The maximum Gasteiger partial charge on any atom is 0.221 e. The van der Waals surface area contributed by atoms with Gasteiger partial charge in [0.05, 0.1) is 12.6 Å². The molecule has 80 valence electrons. The number of nitrogens with one attached hydrogen (secondary N) is 2. The summed E-state index contributed by atoms with van der Waals surface area (Å²) in [5, 5.41) is 5.75. The molecule has 0 aliphatic carbocycles. The molecule has 0 radical (unpaired) electrons. The van der Waals surface area contributed by atoms with Gasteiger partial charge < -0.3 is 15.4 Å². The number of terminal acetylenes is 1. The van der Waals surface area contributed by atoms with Crippen LogP contribution in [0.2, 0.25) is 0 Å². The smallest absolute Gasteiger partial charge is 0.221 e. The molecule has 0 bridgehead atoms. The Labute approximate surface area is 85.4 Å². The van der Waals surface area contributed by atoms with Crippen molar-refractivity contribution in [3.63, 3.8) is 0 Å². The van der Waals surface area contributed by atoms with E-state index in [1.165, 1.54) is 0 Å². The largest absolute Gasteiger partial charge is 0.383 e. The van der Waals surface area contributed by atoms with Gasteiger partial charge in [-0.2, -0.15) is 0 Å². The Morgan fingerprint density at radius 2 is 2.29 bits per heavy atom. The monoisotopic (exact) mass is 198 g/mol.